The van der Waals surface area contributed by atoms with Crippen molar-refractivity contribution < 1.29 is 20.1 Å². The number of hydrogen-bond donors (Lipinski definition) is 3. The highest BCUT2D eigenvalue weighted by Crippen LogP contribution is 2.21. The van der Waals surface area contributed by atoms with E-state index in [2.05, 4.69) is 30.7 Å². The fraction of sp³-hybridized carbons (Fsp3) is 1.00. The summed E-state index contributed by atoms with van der Waals surface area (Å²) in [5.41, 5.74) is 0. The first-order valence-corrected chi connectivity index (χ1v) is 12.5. The van der Waals surface area contributed by atoms with Crippen LogP contribution in [0.3, 0.4) is 0 Å². The summed E-state index contributed by atoms with van der Waals surface area (Å²) in [6, 6.07) is 0.916. The summed E-state index contributed by atoms with van der Waals surface area (Å²) in [4.78, 5) is 8.67. The van der Waals surface area contributed by atoms with Crippen molar-refractivity contribution in [2.45, 2.75) is 52.0 Å². The number of likely N-dealkylation sites (N-methyl/N-ethyl adjacent to an activating group) is 3. The second kappa shape index (κ2) is 25.3. The van der Waals surface area contributed by atoms with Gasteiger partial charge in [-0.3, -0.25) is 0 Å². The van der Waals surface area contributed by atoms with Crippen molar-refractivity contribution in [3.63, 3.8) is 0 Å². The van der Waals surface area contributed by atoms with Crippen molar-refractivity contribution in [2.75, 3.05) is 107 Å². The highest BCUT2D eigenvalue weighted by atomic mass is 16.5. The van der Waals surface area contributed by atoms with Crippen LogP contribution in [-0.2, 0) is 4.74 Å². The van der Waals surface area contributed by atoms with Gasteiger partial charge in [-0.05, 0) is 54.1 Å². The van der Waals surface area contributed by atoms with Crippen LogP contribution in [-0.4, -0.2) is 148 Å². The SMILES string of the molecule is CCN(CC)C1CCCCC1.CN(C)CCO.CN(CCO)CCO.CN1CCOCC1. The van der Waals surface area contributed by atoms with Crippen LogP contribution in [0.4, 0.5) is 0 Å². The Morgan fingerprint density at radius 2 is 1.25 bits per heavy atom. The first-order chi connectivity index (χ1) is 15.4. The Morgan fingerprint density at radius 3 is 1.53 bits per heavy atom. The molecule has 1 saturated carbocycles. The molecule has 0 aromatic heterocycles. The highest BCUT2D eigenvalue weighted by molar-refractivity contribution is 4.73. The highest BCUT2D eigenvalue weighted by Gasteiger charge is 2.17. The van der Waals surface area contributed by atoms with Crippen molar-refractivity contribution in [1.82, 2.24) is 19.6 Å². The maximum absolute atomic E-state index is 8.34. The van der Waals surface area contributed by atoms with Crippen molar-refractivity contribution >= 4 is 0 Å². The maximum atomic E-state index is 8.34. The minimum absolute atomic E-state index is 0.163. The first kappa shape index (κ1) is 33.9. The van der Waals surface area contributed by atoms with Crippen molar-refractivity contribution in [2.24, 2.45) is 0 Å². The molecule has 0 bridgehead atoms. The van der Waals surface area contributed by atoms with Gasteiger partial charge in [0.1, 0.15) is 0 Å². The maximum Gasteiger partial charge on any atom is 0.0594 e. The first-order valence-electron chi connectivity index (χ1n) is 12.5. The average Bonchev–Trinajstić information content (AvgIpc) is 2.78. The molecule has 1 aliphatic heterocycles. The standard InChI is InChI=1S/C10H21N.C5H13NO2.C5H11NO.C4H11NO/c1-3-11(4-2)10-8-6-5-7-9-10;1-6(2-4-7)3-5-8;1-6-2-4-7-5-3-6;1-5(2)3-4-6/h10H,3-9H2,1-2H3;7-8H,2-5H2,1H3;2-5H2,1H3;6H,3-4H2,1-2H3. The van der Waals surface area contributed by atoms with Gasteiger partial charge in [-0.1, -0.05) is 33.1 Å². The van der Waals surface area contributed by atoms with Crippen LogP contribution < -0.4 is 0 Å². The fourth-order valence-corrected chi connectivity index (χ4v) is 3.49. The van der Waals surface area contributed by atoms with Crippen LogP contribution in [0.1, 0.15) is 46.0 Å². The molecule has 0 unspecified atom stereocenters. The lowest BCUT2D eigenvalue weighted by molar-refractivity contribution is 0.0503. The zero-order valence-corrected chi connectivity index (χ0v) is 22.1. The molecule has 0 aromatic rings. The number of morpholine rings is 1. The summed E-state index contributed by atoms with van der Waals surface area (Å²) in [6.45, 7) is 13.7. The van der Waals surface area contributed by atoms with Gasteiger partial charge < -0.3 is 39.7 Å². The van der Waals surface area contributed by atoms with E-state index in [9.17, 15) is 0 Å². The molecule has 8 heteroatoms. The number of ether oxygens (including phenoxy) is 1. The molecule has 1 aliphatic carbocycles. The largest absolute Gasteiger partial charge is 0.395 e. The van der Waals surface area contributed by atoms with E-state index in [1.165, 1.54) is 45.2 Å². The minimum Gasteiger partial charge on any atom is -0.395 e. The predicted octanol–water partition coefficient (Wildman–Crippen LogP) is 1.05. The van der Waals surface area contributed by atoms with Gasteiger partial charge >= 0.3 is 0 Å². The smallest absolute Gasteiger partial charge is 0.0594 e. The van der Waals surface area contributed by atoms with Gasteiger partial charge in [-0.15, -0.1) is 0 Å². The Kier molecular flexibility index (Phi) is 26.8. The molecule has 32 heavy (non-hydrogen) atoms. The minimum atomic E-state index is 0.163. The van der Waals surface area contributed by atoms with Crippen molar-refractivity contribution in [1.29, 1.82) is 0 Å². The molecule has 8 nitrogen and oxygen atoms in total. The molecule has 1 saturated heterocycles. The van der Waals surface area contributed by atoms with Crippen LogP contribution in [0, 0.1) is 0 Å². The Labute approximate surface area is 199 Å². The van der Waals surface area contributed by atoms with E-state index in [0.717, 1.165) is 38.9 Å². The number of nitrogens with zero attached hydrogens (tertiary/aromatic N) is 4. The topological polar surface area (TPSA) is 82.9 Å². The molecule has 0 amide bonds. The fourth-order valence-electron chi connectivity index (χ4n) is 3.49. The second-order valence-corrected chi connectivity index (χ2v) is 8.71. The van der Waals surface area contributed by atoms with Crippen LogP contribution in [0.2, 0.25) is 0 Å². The second-order valence-electron chi connectivity index (χ2n) is 8.71. The van der Waals surface area contributed by atoms with Gasteiger partial charge in [-0.25, -0.2) is 0 Å². The summed E-state index contributed by atoms with van der Waals surface area (Å²) < 4.78 is 5.10. The summed E-state index contributed by atoms with van der Waals surface area (Å²) in [5, 5.41) is 24.9. The molecule has 2 fully saturated rings. The molecule has 0 radical (unpaired) electrons. The molecule has 3 N–H and O–H groups in total. The number of hydrogen-bond acceptors (Lipinski definition) is 8. The summed E-state index contributed by atoms with van der Waals surface area (Å²) in [5.74, 6) is 0. The third-order valence-corrected chi connectivity index (χ3v) is 5.65. The van der Waals surface area contributed by atoms with Crippen molar-refractivity contribution in [3.8, 4) is 0 Å². The molecular formula is C24H56N4O4. The lowest BCUT2D eigenvalue weighted by atomic mass is 9.94. The molecule has 1 heterocycles. The summed E-state index contributed by atoms with van der Waals surface area (Å²) in [6.07, 6.45) is 7.28. The molecule has 0 spiro atoms. The van der Waals surface area contributed by atoms with E-state index < -0.39 is 0 Å². The molecular weight excluding hydrogens is 408 g/mol. The van der Waals surface area contributed by atoms with Gasteiger partial charge in [0.15, 0.2) is 0 Å². The average molecular weight is 465 g/mol. The Balaban J connectivity index is 0. The molecule has 196 valence electrons. The van der Waals surface area contributed by atoms with Crippen LogP contribution >= 0.6 is 0 Å². The van der Waals surface area contributed by atoms with Gasteiger partial charge in [-0.2, -0.15) is 0 Å². The van der Waals surface area contributed by atoms with E-state index in [-0.39, 0.29) is 19.8 Å². The van der Waals surface area contributed by atoms with E-state index in [1.54, 1.807) is 0 Å². The normalized spacial score (nSPS) is 17.2. The molecule has 2 aliphatic rings. The lowest BCUT2D eigenvalue weighted by Gasteiger charge is -2.32. The number of aliphatic hydroxyl groups excluding tert-OH is 3. The molecule has 0 aromatic carbocycles. The van der Waals surface area contributed by atoms with Gasteiger partial charge in [0.2, 0.25) is 0 Å². The summed E-state index contributed by atoms with van der Waals surface area (Å²) >= 11 is 0. The quantitative estimate of drug-likeness (QED) is 0.467. The van der Waals surface area contributed by atoms with Crippen LogP contribution in [0.25, 0.3) is 0 Å². The lowest BCUT2D eigenvalue weighted by Crippen LogP contribution is -2.36. The van der Waals surface area contributed by atoms with Gasteiger partial charge in [0.05, 0.1) is 33.0 Å². The molecule has 0 atom stereocenters. The summed E-state index contributed by atoms with van der Waals surface area (Å²) in [7, 11) is 7.82. The van der Waals surface area contributed by atoms with E-state index in [4.69, 9.17) is 20.1 Å². The Bertz CT molecular complexity index is 343. The zero-order chi connectivity index (χ0) is 24.6. The van der Waals surface area contributed by atoms with E-state index in [1.807, 2.05) is 30.9 Å². The van der Waals surface area contributed by atoms with Crippen LogP contribution in [0.5, 0.6) is 0 Å². The van der Waals surface area contributed by atoms with Crippen molar-refractivity contribution in [3.05, 3.63) is 0 Å². The third-order valence-electron chi connectivity index (χ3n) is 5.65. The van der Waals surface area contributed by atoms with E-state index >= 15 is 0 Å². The monoisotopic (exact) mass is 464 g/mol. The van der Waals surface area contributed by atoms with Gasteiger partial charge in [0.25, 0.3) is 0 Å². The Morgan fingerprint density at radius 1 is 0.781 bits per heavy atom. The third kappa shape index (κ3) is 22.9. The number of aliphatic hydroxyl groups is 3. The van der Waals surface area contributed by atoms with Crippen LogP contribution in [0.15, 0.2) is 0 Å². The Hall–Kier alpha value is -0.320. The molecule has 2 rings (SSSR count). The van der Waals surface area contributed by atoms with E-state index in [0.29, 0.717) is 13.1 Å². The number of rotatable bonds is 9. The zero-order valence-electron chi connectivity index (χ0n) is 22.1. The predicted molar refractivity (Wildman–Crippen MR) is 135 cm³/mol. The van der Waals surface area contributed by atoms with Gasteiger partial charge in [0, 0.05) is 38.8 Å².